The topological polar surface area (TPSA) is 64.4 Å². The second kappa shape index (κ2) is 8.14. The van der Waals surface area contributed by atoms with Crippen LogP contribution in [0.15, 0.2) is 36.4 Å². The number of hydrogen-bond acceptors (Lipinski definition) is 5. The first kappa shape index (κ1) is 20.1. The summed E-state index contributed by atoms with van der Waals surface area (Å²) >= 11 is 1.32. The van der Waals surface area contributed by atoms with Crippen LogP contribution in [-0.4, -0.2) is 45.2 Å². The maximum atomic E-state index is 12.5. The number of rotatable bonds is 6. The zero-order valence-corrected chi connectivity index (χ0v) is 17.6. The molecule has 0 spiro atoms. The van der Waals surface area contributed by atoms with Gasteiger partial charge in [0.25, 0.3) is 5.91 Å². The molecule has 2 aromatic heterocycles. The van der Waals surface area contributed by atoms with Gasteiger partial charge < -0.3 is 9.64 Å². The molecule has 0 aliphatic carbocycles. The maximum absolute atomic E-state index is 12.5. The summed E-state index contributed by atoms with van der Waals surface area (Å²) in [6, 6.07) is 11.7. The van der Waals surface area contributed by atoms with Crippen LogP contribution in [0, 0.1) is 6.92 Å². The molecule has 7 heteroatoms. The van der Waals surface area contributed by atoms with Gasteiger partial charge in [0, 0.05) is 17.5 Å². The fourth-order valence-electron chi connectivity index (χ4n) is 3.34. The van der Waals surface area contributed by atoms with Crippen LogP contribution in [0.4, 0.5) is 0 Å². The minimum atomic E-state index is -0.485. The summed E-state index contributed by atoms with van der Waals surface area (Å²) in [7, 11) is 0. The van der Waals surface area contributed by atoms with Gasteiger partial charge in [0.1, 0.15) is 9.71 Å². The number of aryl methyl sites for hydroxylation is 1. The molecule has 0 saturated carbocycles. The average Bonchev–Trinajstić information content (AvgIpc) is 3.20. The van der Waals surface area contributed by atoms with Crippen molar-refractivity contribution in [1.29, 1.82) is 0 Å². The van der Waals surface area contributed by atoms with Crippen LogP contribution >= 0.6 is 11.3 Å². The highest BCUT2D eigenvalue weighted by Crippen LogP contribution is 2.30. The van der Waals surface area contributed by atoms with Crippen LogP contribution in [0.5, 0.6) is 0 Å². The molecule has 148 valence electrons. The van der Waals surface area contributed by atoms with Gasteiger partial charge in [-0.3, -0.25) is 4.79 Å². The van der Waals surface area contributed by atoms with Crippen LogP contribution in [0.25, 0.3) is 15.9 Å². The smallest absolute Gasteiger partial charge is 0.348 e. The number of para-hydroxylation sites is 1. The van der Waals surface area contributed by atoms with Gasteiger partial charge in [-0.05, 0) is 52.8 Å². The predicted octanol–water partition coefficient (Wildman–Crippen LogP) is 4.20. The number of ether oxygens (including phenoxy) is 1. The van der Waals surface area contributed by atoms with E-state index in [9.17, 15) is 9.59 Å². The Morgan fingerprint density at radius 1 is 1.14 bits per heavy atom. The Bertz CT molecular complexity index is 981. The zero-order chi connectivity index (χ0) is 20.4. The molecule has 0 bridgehead atoms. The van der Waals surface area contributed by atoms with E-state index in [1.165, 1.54) is 11.3 Å². The Morgan fingerprint density at radius 3 is 2.39 bits per heavy atom. The molecule has 3 aromatic rings. The molecule has 0 N–H and O–H groups in total. The molecule has 0 saturated heterocycles. The molecule has 2 heterocycles. The first-order valence-electron chi connectivity index (χ1n) is 9.32. The van der Waals surface area contributed by atoms with Gasteiger partial charge in [-0.1, -0.05) is 18.2 Å². The average molecular weight is 400 g/mol. The van der Waals surface area contributed by atoms with Crippen molar-refractivity contribution in [2.75, 3.05) is 6.61 Å². The van der Waals surface area contributed by atoms with Gasteiger partial charge in [0.2, 0.25) is 0 Å². The summed E-state index contributed by atoms with van der Waals surface area (Å²) in [5, 5.41) is 5.49. The highest BCUT2D eigenvalue weighted by Gasteiger charge is 2.23. The number of aromatic nitrogens is 2. The molecule has 28 heavy (non-hydrogen) atoms. The van der Waals surface area contributed by atoms with Gasteiger partial charge in [0.05, 0.1) is 11.4 Å². The third-order valence-electron chi connectivity index (χ3n) is 4.47. The van der Waals surface area contributed by atoms with Crippen molar-refractivity contribution in [3.8, 4) is 5.69 Å². The van der Waals surface area contributed by atoms with Crippen molar-refractivity contribution in [2.24, 2.45) is 0 Å². The maximum Gasteiger partial charge on any atom is 0.348 e. The van der Waals surface area contributed by atoms with E-state index >= 15 is 0 Å². The highest BCUT2D eigenvalue weighted by molar-refractivity contribution is 7.20. The van der Waals surface area contributed by atoms with E-state index in [0.29, 0.717) is 4.88 Å². The summed E-state index contributed by atoms with van der Waals surface area (Å²) in [5.41, 5.74) is 1.78. The van der Waals surface area contributed by atoms with E-state index < -0.39 is 5.97 Å². The lowest BCUT2D eigenvalue weighted by Crippen LogP contribution is -2.44. The molecule has 0 radical (unpaired) electrons. The van der Waals surface area contributed by atoms with Crippen LogP contribution in [0.3, 0.4) is 0 Å². The molecule has 0 fully saturated rings. The molecule has 1 amide bonds. The molecular formula is C21H25N3O3S. The van der Waals surface area contributed by atoms with Crippen LogP contribution in [0.1, 0.15) is 43.1 Å². The lowest BCUT2D eigenvalue weighted by Gasteiger charge is -2.30. The largest absolute Gasteiger partial charge is 0.451 e. The first-order chi connectivity index (χ1) is 13.3. The minimum absolute atomic E-state index is 0.0510. The van der Waals surface area contributed by atoms with Crippen LogP contribution < -0.4 is 0 Å². The number of benzene rings is 1. The van der Waals surface area contributed by atoms with Gasteiger partial charge in [-0.2, -0.15) is 5.10 Å². The monoisotopic (exact) mass is 399 g/mol. The summed E-state index contributed by atoms with van der Waals surface area (Å²) in [6.07, 6.45) is 0. The van der Waals surface area contributed by atoms with E-state index in [1.54, 1.807) is 11.0 Å². The van der Waals surface area contributed by atoms with Crippen molar-refractivity contribution in [3.05, 3.63) is 47.0 Å². The normalized spacial score (nSPS) is 11.4. The summed E-state index contributed by atoms with van der Waals surface area (Å²) in [4.78, 5) is 28.0. The summed E-state index contributed by atoms with van der Waals surface area (Å²) in [6.45, 7) is 9.45. The van der Waals surface area contributed by atoms with E-state index in [1.807, 2.05) is 69.6 Å². The Hall–Kier alpha value is -2.67. The highest BCUT2D eigenvalue weighted by atomic mass is 32.1. The summed E-state index contributed by atoms with van der Waals surface area (Å²) in [5.74, 6) is -0.674. The second-order valence-electron chi connectivity index (χ2n) is 7.23. The second-order valence-corrected chi connectivity index (χ2v) is 8.26. The lowest BCUT2D eigenvalue weighted by molar-refractivity contribution is -0.138. The van der Waals surface area contributed by atoms with Crippen molar-refractivity contribution < 1.29 is 14.3 Å². The fraction of sp³-hybridized carbons (Fsp3) is 0.381. The Balaban J connectivity index is 1.79. The van der Waals surface area contributed by atoms with E-state index in [-0.39, 0.29) is 24.6 Å². The molecule has 0 aliphatic heterocycles. The van der Waals surface area contributed by atoms with Gasteiger partial charge >= 0.3 is 5.97 Å². The number of esters is 1. The molecular weight excluding hydrogens is 374 g/mol. The molecule has 0 unspecified atom stereocenters. The molecule has 0 aliphatic rings. The standard InChI is InChI=1S/C21H25N3O3S/c1-13(2)23(14(3)4)19(25)12-27-21(26)18-11-17-15(5)22-24(20(17)28-18)16-9-7-6-8-10-16/h6-11,13-14H,12H2,1-5H3. The zero-order valence-electron chi connectivity index (χ0n) is 16.8. The predicted molar refractivity (Wildman–Crippen MR) is 111 cm³/mol. The van der Waals surface area contributed by atoms with Crippen LogP contribution in [0.2, 0.25) is 0 Å². The van der Waals surface area contributed by atoms with E-state index in [2.05, 4.69) is 5.10 Å². The van der Waals surface area contributed by atoms with Crippen molar-refractivity contribution in [2.45, 2.75) is 46.7 Å². The number of nitrogens with zero attached hydrogens (tertiary/aromatic N) is 3. The molecule has 0 atom stereocenters. The number of carbonyl (C=O) groups excluding carboxylic acids is 2. The van der Waals surface area contributed by atoms with Crippen molar-refractivity contribution in [3.63, 3.8) is 0 Å². The third kappa shape index (κ3) is 3.94. The van der Waals surface area contributed by atoms with Gasteiger partial charge in [-0.25, -0.2) is 9.48 Å². The van der Waals surface area contributed by atoms with E-state index in [0.717, 1.165) is 21.6 Å². The van der Waals surface area contributed by atoms with Gasteiger partial charge in [0.15, 0.2) is 6.61 Å². The van der Waals surface area contributed by atoms with Crippen molar-refractivity contribution in [1.82, 2.24) is 14.7 Å². The van der Waals surface area contributed by atoms with Gasteiger partial charge in [-0.15, -0.1) is 11.3 Å². The summed E-state index contributed by atoms with van der Waals surface area (Å²) < 4.78 is 7.14. The fourth-order valence-corrected chi connectivity index (χ4v) is 4.41. The molecule has 6 nitrogen and oxygen atoms in total. The molecule has 3 rings (SSSR count). The number of fused-ring (bicyclic) bond motifs is 1. The Labute approximate surface area is 168 Å². The Morgan fingerprint density at radius 2 is 1.79 bits per heavy atom. The number of thiophene rings is 1. The number of carbonyl (C=O) groups is 2. The molecule has 1 aromatic carbocycles. The minimum Gasteiger partial charge on any atom is -0.451 e. The lowest BCUT2D eigenvalue weighted by atomic mass is 10.2. The Kier molecular flexibility index (Phi) is 5.84. The third-order valence-corrected chi connectivity index (χ3v) is 5.56. The number of amides is 1. The SMILES string of the molecule is Cc1nn(-c2ccccc2)c2sc(C(=O)OCC(=O)N(C(C)C)C(C)C)cc12. The quantitative estimate of drug-likeness (QED) is 0.583. The van der Waals surface area contributed by atoms with E-state index in [4.69, 9.17) is 4.74 Å². The number of hydrogen-bond donors (Lipinski definition) is 0. The van der Waals surface area contributed by atoms with Crippen molar-refractivity contribution >= 4 is 33.4 Å². The van der Waals surface area contributed by atoms with Crippen LogP contribution in [-0.2, 0) is 9.53 Å². The first-order valence-corrected chi connectivity index (χ1v) is 10.1.